The molecule has 66 valence electrons. The number of halogens is 1. The Morgan fingerprint density at radius 3 is 3.08 bits per heavy atom. The highest BCUT2D eigenvalue weighted by atomic mass is 79.9. The Bertz CT molecular complexity index is 280. The van der Waals surface area contributed by atoms with Gasteiger partial charge < -0.3 is 5.73 Å². The minimum Gasteiger partial charge on any atom is -0.383 e. The number of nitrogens with zero attached hydrogens (tertiary/aromatic N) is 2. The van der Waals surface area contributed by atoms with Gasteiger partial charge in [-0.05, 0) is 28.1 Å². The lowest BCUT2D eigenvalue weighted by Crippen LogP contribution is -2.12. The van der Waals surface area contributed by atoms with Gasteiger partial charge in [-0.15, -0.1) is 0 Å². The molecule has 2 rings (SSSR count). The van der Waals surface area contributed by atoms with Crippen LogP contribution in [-0.2, 0) is 0 Å². The topological polar surface area (TPSA) is 43.8 Å². The summed E-state index contributed by atoms with van der Waals surface area (Å²) in [6.07, 6.45) is 2.95. The van der Waals surface area contributed by atoms with E-state index in [4.69, 9.17) is 5.73 Å². The van der Waals surface area contributed by atoms with Crippen molar-refractivity contribution in [1.82, 2.24) is 9.78 Å². The SMILES string of the molecule is Nc1c(Br)cnn1C1CCSC1. The molecule has 0 radical (unpaired) electrons. The summed E-state index contributed by atoms with van der Waals surface area (Å²) in [5.74, 6) is 3.11. The maximum Gasteiger partial charge on any atom is 0.136 e. The molecule has 1 aromatic heterocycles. The predicted molar refractivity (Wildman–Crippen MR) is 55.3 cm³/mol. The van der Waals surface area contributed by atoms with E-state index in [0.717, 1.165) is 16.0 Å². The van der Waals surface area contributed by atoms with Gasteiger partial charge in [0.1, 0.15) is 5.82 Å². The number of hydrogen-bond donors (Lipinski definition) is 1. The molecule has 2 heterocycles. The van der Waals surface area contributed by atoms with Crippen molar-refractivity contribution >= 4 is 33.5 Å². The summed E-state index contributed by atoms with van der Waals surface area (Å²) in [7, 11) is 0. The number of rotatable bonds is 1. The molecule has 12 heavy (non-hydrogen) atoms. The average molecular weight is 248 g/mol. The van der Waals surface area contributed by atoms with E-state index in [1.165, 1.54) is 12.2 Å². The lowest BCUT2D eigenvalue weighted by atomic mass is 10.3. The number of aromatic nitrogens is 2. The van der Waals surface area contributed by atoms with Crippen LogP contribution in [-0.4, -0.2) is 21.3 Å². The Kier molecular flexibility index (Phi) is 2.32. The third-order valence-corrected chi connectivity index (χ3v) is 3.79. The lowest BCUT2D eigenvalue weighted by Gasteiger charge is -2.10. The highest BCUT2D eigenvalue weighted by Crippen LogP contribution is 2.31. The Balaban J connectivity index is 2.26. The molecule has 0 aliphatic carbocycles. The molecule has 1 aliphatic heterocycles. The molecule has 0 bridgehead atoms. The van der Waals surface area contributed by atoms with Gasteiger partial charge in [-0.25, -0.2) is 4.68 Å². The standard InChI is InChI=1S/C7H10BrN3S/c8-6-3-10-11(7(6)9)5-1-2-12-4-5/h3,5H,1-2,4,9H2. The van der Waals surface area contributed by atoms with Crippen LogP contribution in [0.4, 0.5) is 5.82 Å². The first-order chi connectivity index (χ1) is 5.79. The van der Waals surface area contributed by atoms with Crippen LogP contribution >= 0.6 is 27.7 Å². The second-order valence-corrected chi connectivity index (χ2v) is 4.84. The van der Waals surface area contributed by atoms with Crippen molar-refractivity contribution in [2.45, 2.75) is 12.5 Å². The summed E-state index contributed by atoms with van der Waals surface area (Å²) in [5.41, 5.74) is 5.83. The summed E-state index contributed by atoms with van der Waals surface area (Å²) < 4.78 is 2.82. The summed E-state index contributed by atoms with van der Waals surface area (Å²) in [6.45, 7) is 0. The molecule has 1 unspecified atom stereocenters. The molecule has 3 nitrogen and oxygen atoms in total. The Morgan fingerprint density at radius 2 is 2.58 bits per heavy atom. The number of hydrogen-bond acceptors (Lipinski definition) is 3. The van der Waals surface area contributed by atoms with Crippen LogP contribution in [0.3, 0.4) is 0 Å². The zero-order valence-electron chi connectivity index (χ0n) is 6.53. The Labute approximate surface area is 83.8 Å². The van der Waals surface area contributed by atoms with Gasteiger partial charge in [0.2, 0.25) is 0 Å². The molecule has 0 amide bonds. The van der Waals surface area contributed by atoms with Crippen LogP contribution in [0.2, 0.25) is 0 Å². The van der Waals surface area contributed by atoms with Gasteiger partial charge in [-0.2, -0.15) is 16.9 Å². The zero-order chi connectivity index (χ0) is 8.55. The molecule has 1 fully saturated rings. The monoisotopic (exact) mass is 247 g/mol. The molecule has 0 saturated carbocycles. The summed E-state index contributed by atoms with van der Waals surface area (Å²) in [4.78, 5) is 0. The first-order valence-corrected chi connectivity index (χ1v) is 5.80. The first kappa shape index (κ1) is 8.44. The fourth-order valence-electron chi connectivity index (χ4n) is 1.36. The van der Waals surface area contributed by atoms with Crippen molar-refractivity contribution in [3.63, 3.8) is 0 Å². The van der Waals surface area contributed by atoms with E-state index in [0.29, 0.717) is 6.04 Å². The Hall–Kier alpha value is -0.160. The van der Waals surface area contributed by atoms with Crippen LogP contribution < -0.4 is 5.73 Å². The summed E-state index contributed by atoms with van der Waals surface area (Å²) in [6, 6.07) is 0.501. The third kappa shape index (κ3) is 1.35. The van der Waals surface area contributed by atoms with Crippen LogP contribution in [0.25, 0.3) is 0 Å². The van der Waals surface area contributed by atoms with E-state index in [9.17, 15) is 0 Å². The number of nitrogen functional groups attached to an aromatic ring is 1. The van der Waals surface area contributed by atoms with Gasteiger partial charge in [-0.3, -0.25) is 0 Å². The van der Waals surface area contributed by atoms with Crippen molar-refractivity contribution in [3.05, 3.63) is 10.7 Å². The molecular formula is C7H10BrN3S. The number of anilines is 1. The van der Waals surface area contributed by atoms with E-state index in [2.05, 4.69) is 21.0 Å². The van der Waals surface area contributed by atoms with Crippen LogP contribution in [0.15, 0.2) is 10.7 Å². The quantitative estimate of drug-likeness (QED) is 0.825. The molecule has 2 N–H and O–H groups in total. The normalized spacial score (nSPS) is 23.2. The van der Waals surface area contributed by atoms with Crippen molar-refractivity contribution in [2.24, 2.45) is 0 Å². The molecular weight excluding hydrogens is 238 g/mol. The van der Waals surface area contributed by atoms with E-state index in [-0.39, 0.29) is 0 Å². The predicted octanol–water partition coefficient (Wildman–Crippen LogP) is 1.91. The molecule has 5 heteroatoms. The zero-order valence-corrected chi connectivity index (χ0v) is 8.94. The fraction of sp³-hybridized carbons (Fsp3) is 0.571. The van der Waals surface area contributed by atoms with E-state index in [1.54, 1.807) is 6.20 Å². The average Bonchev–Trinajstić information content (AvgIpc) is 2.64. The van der Waals surface area contributed by atoms with Gasteiger partial charge in [0.25, 0.3) is 0 Å². The van der Waals surface area contributed by atoms with Gasteiger partial charge in [0.15, 0.2) is 0 Å². The molecule has 1 aliphatic rings. The lowest BCUT2D eigenvalue weighted by molar-refractivity contribution is 0.509. The number of nitrogens with two attached hydrogens (primary N) is 1. The van der Waals surface area contributed by atoms with E-state index in [1.807, 2.05) is 16.4 Å². The number of thioether (sulfide) groups is 1. The second-order valence-electron chi connectivity index (χ2n) is 2.84. The first-order valence-electron chi connectivity index (χ1n) is 3.85. The minimum absolute atomic E-state index is 0.501. The third-order valence-electron chi connectivity index (χ3n) is 2.04. The summed E-state index contributed by atoms with van der Waals surface area (Å²) in [5, 5.41) is 4.23. The van der Waals surface area contributed by atoms with Crippen molar-refractivity contribution in [1.29, 1.82) is 0 Å². The van der Waals surface area contributed by atoms with Gasteiger partial charge in [-0.1, -0.05) is 0 Å². The second kappa shape index (κ2) is 3.30. The molecule has 0 spiro atoms. The van der Waals surface area contributed by atoms with E-state index < -0.39 is 0 Å². The van der Waals surface area contributed by atoms with Crippen molar-refractivity contribution in [2.75, 3.05) is 17.2 Å². The fourth-order valence-corrected chi connectivity index (χ4v) is 2.82. The van der Waals surface area contributed by atoms with Crippen molar-refractivity contribution in [3.8, 4) is 0 Å². The van der Waals surface area contributed by atoms with Gasteiger partial charge >= 0.3 is 0 Å². The minimum atomic E-state index is 0.501. The maximum atomic E-state index is 5.83. The molecule has 1 aromatic rings. The summed E-state index contributed by atoms with van der Waals surface area (Å²) >= 11 is 5.31. The van der Waals surface area contributed by atoms with Gasteiger partial charge in [0.05, 0.1) is 16.7 Å². The highest BCUT2D eigenvalue weighted by molar-refractivity contribution is 9.10. The van der Waals surface area contributed by atoms with Crippen molar-refractivity contribution < 1.29 is 0 Å². The van der Waals surface area contributed by atoms with Crippen LogP contribution in [0.5, 0.6) is 0 Å². The molecule has 1 atom stereocenters. The molecule has 1 saturated heterocycles. The maximum absolute atomic E-state index is 5.83. The van der Waals surface area contributed by atoms with E-state index >= 15 is 0 Å². The largest absolute Gasteiger partial charge is 0.383 e. The molecule has 0 aromatic carbocycles. The van der Waals surface area contributed by atoms with Crippen LogP contribution in [0.1, 0.15) is 12.5 Å². The highest BCUT2D eigenvalue weighted by Gasteiger charge is 2.20. The smallest absolute Gasteiger partial charge is 0.136 e. The Morgan fingerprint density at radius 1 is 1.75 bits per heavy atom. The van der Waals surface area contributed by atoms with Gasteiger partial charge in [0, 0.05) is 5.75 Å². The van der Waals surface area contributed by atoms with Crippen LogP contribution in [0, 0.1) is 0 Å².